The average Bonchev–Trinajstić information content (AvgIpc) is 3.62. The number of para-hydroxylation sites is 1. The summed E-state index contributed by atoms with van der Waals surface area (Å²) in [7, 11) is 1.68. The summed E-state index contributed by atoms with van der Waals surface area (Å²) in [6.07, 6.45) is 0. The minimum Gasteiger partial charge on any atom is -0.496 e. The highest BCUT2D eigenvalue weighted by atomic mass is 32.1. The molecule has 0 bridgehead atoms. The van der Waals surface area contributed by atoms with Crippen LogP contribution in [0, 0.1) is 0 Å². The number of piperazine rings is 1. The van der Waals surface area contributed by atoms with E-state index in [-0.39, 0.29) is 12.7 Å². The Balaban J connectivity index is 1.17. The number of carbonyl (C=O) groups excluding carboxylic acids is 1. The molecule has 180 valence electrons. The van der Waals surface area contributed by atoms with Crippen molar-refractivity contribution in [2.45, 2.75) is 13.1 Å². The lowest BCUT2D eigenvalue weighted by Gasteiger charge is -2.35. The highest BCUT2D eigenvalue weighted by Gasteiger charge is 2.26. The highest BCUT2D eigenvalue weighted by Crippen LogP contribution is 2.33. The molecular formula is C27H27N3O4S. The van der Waals surface area contributed by atoms with Gasteiger partial charge in [0.15, 0.2) is 11.5 Å². The van der Waals surface area contributed by atoms with Crippen LogP contribution in [-0.4, -0.2) is 60.4 Å². The third-order valence-corrected chi connectivity index (χ3v) is 7.70. The normalized spacial score (nSPS) is 15.6. The lowest BCUT2D eigenvalue weighted by molar-refractivity contribution is 0.0619. The highest BCUT2D eigenvalue weighted by molar-refractivity contribution is 7.16. The van der Waals surface area contributed by atoms with Crippen LogP contribution in [0.5, 0.6) is 17.2 Å². The van der Waals surface area contributed by atoms with Crippen LogP contribution in [0.4, 0.5) is 0 Å². The quantitative estimate of drug-likeness (QED) is 0.401. The molecule has 2 aromatic carbocycles. The van der Waals surface area contributed by atoms with Gasteiger partial charge in [0.2, 0.25) is 6.79 Å². The summed E-state index contributed by atoms with van der Waals surface area (Å²) in [4.78, 5) is 19.1. The monoisotopic (exact) mass is 489 g/mol. The minimum atomic E-state index is 0.0889. The van der Waals surface area contributed by atoms with Crippen molar-refractivity contribution >= 4 is 27.5 Å². The molecule has 0 N–H and O–H groups in total. The maximum Gasteiger partial charge on any atom is 0.270 e. The van der Waals surface area contributed by atoms with Gasteiger partial charge in [0.1, 0.15) is 16.3 Å². The van der Waals surface area contributed by atoms with E-state index in [0.717, 1.165) is 58.4 Å². The lowest BCUT2D eigenvalue weighted by atomic mass is 10.1. The maximum absolute atomic E-state index is 13.7. The Morgan fingerprint density at radius 1 is 0.971 bits per heavy atom. The molecule has 0 atom stereocenters. The van der Waals surface area contributed by atoms with Crippen molar-refractivity contribution in [1.82, 2.24) is 14.4 Å². The van der Waals surface area contributed by atoms with Crippen LogP contribution < -0.4 is 14.2 Å². The van der Waals surface area contributed by atoms with Crippen molar-refractivity contribution in [3.05, 3.63) is 76.8 Å². The molecule has 0 saturated carbocycles. The Labute approximate surface area is 208 Å². The molecule has 1 fully saturated rings. The molecule has 4 aromatic rings. The second-order valence-corrected chi connectivity index (χ2v) is 9.76. The molecule has 0 aliphatic carbocycles. The Hall–Kier alpha value is -3.49. The number of amides is 1. The number of rotatable bonds is 6. The Morgan fingerprint density at radius 2 is 1.80 bits per heavy atom. The van der Waals surface area contributed by atoms with Gasteiger partial charge in [0.05, 0.1) is 13.7 Å². The van der Waals surface area contributed by atoms with Crippen molar-refractivity contribution in [3.8, 4) is 17.2 Å². The largest absolute Gasteiger partial charge is 0.496 e. The number of benzene rings is 2. The number of carbonyl (C=O) groups is 1. The molecule has 2 aliphatic heterocycles. The SMILES string of the molecule is COc1ccccc1Cn1c(C(=O)N2CCN(Cc3ccc4c(c3)OCO4)CC2)cc2ccsc21. The summed E-state index contributed by atoms with van der Waals surface area (Å²) in [6.45, 7) is 4.80. The van der Waals surface area contributed by atoms with E-state index in [4.69, 9.17) is 14.2 Å². The first-order valence-electron chi connectivity index (χ1n) is 11.8. The van der Waals surface area contributed by atoms with Crippen LogP contribution in [0.15, 0.2) is 60.0 Å². The minimum absolute atomic E-state index is 0.0889. The predicted molar refractivity (Wildman–Crippen MR) is 136 cm³/mol. The van der Waals surface area contributed by atoms with Crippen molar-refractivity contribution in [2.75, 3.05) is 40.1 Å². The third-order valence-electron chi connectivity index (χ3n) is 6.75. The zero-order chi connectivity index (χ0) is 23.8. The van der Waals surface area contributed by atoms with Gasteiger partial charge in [-0.2, -0.15) is 0 Å². The number of ether oxygens (including phenoxy) is 3. The molecule has 4 heterocycles. The molecule has 6 rings (SSSR count). The fourth-order valence-electron chi connectivity index (χ4n) is 4.88. The zero-order valence-electron chi connectivity index (χ0n) is 19.6. The number of thiophene rings is 1. The molecule has 7 nitrogen and oxygen atoms in total. The standard InChI is InChI=1S/C27H27N3O4S/c1-32-23-5-3-2-4-21(23)17-30-22(15-20-8-13-35-27(20)30)26(31)29-11-9-28(10-12-29)16-19-6-7-24-25(14-19)34-18-33-24/h2-8,13-15H,9-12,16-18H2,1H3. The van der Waals surface area contributed by atoms with E-state index < -0.39 is 0 Å². The van der Waals surface area contributed by atoms with Crippen molar-refractivity contribution in [2.24, 2.45) is 0 Å². The van der Waals surface area contributed by atoms with Gasteiger partial charge in [-0.15, -0.1) is 11.3 Å². The van der Waals surface area contributed by atoms with Gasteiger partial charge in [0.25, 0.3) is 5.91 Å². The number of hydrogen-bond acceptors (Lipinski definition) is 6. The first-order valence-corrected chi connectivity index (χ1v) is 12.7. The number of aromatic nitrogens is 1. The van der Waals surface area contributed by atoms with Gasteiger partial charge in [-0.25, -0.2) is 0 Å². The van der Waals surface area contributed by atoms with Crippen LogP contribution in [-0.2, 0) is 13.1 Å². The van der Waals surface area contributed by atoms with Gasteiger partial charge >= 0.3 is 0 Å². The van der Waals surface area contributed by atoms with E-state index in [1.165, 1.54) is 5.56 Å². The van der Waals surface area contributed by atoms with Crippen LogP contribution in [0.1, 0.15) is 21.6 Å². The summed E-state index contributed by atoms with van der Waals surface area (Å²) < 4.78 is 18.6. The fourth-order valence-corrected chi connectivity index (χ4v) is 5.78. The van der Waals surface area contributed by atoms with Gasteiger partial charge in [0, 0.05) is 43.7 Å². The van der Waals surface area contributed by atoms with E-state index in [2.05, 4.69) is 39.1 Å². The van der Waals surface area contributed by atoms with Crippen LogP contribution in [0.3, 0.4) is 0 Å². The van der Waals surface area contributed by atoms with Crippen molar-refractivity contribution in [3.63, 3.8) is 0 Å². The van der Waals surface area contributed by atoms with Gasteiger partial charge in [-0.1, -0.05) is 24.3 Å². The van der Waals surface area contributed by atoms with E-state index in [1.807, 2.05) is 35.2 Å². The molecule has 2 aromatic heterocycles. The lowest BCUT2D eigenvalue weighted by Crippen LogP contribution is -2.48. The van der Waals surface area contributed by atoms with E-state index in [1.54, 1.807) is 18.4 Å². The smallest absolute Gasteiger partial charge is 0.270 e. The molecule has 0 unspecified atom stereocenters. The van der Waals surface area contributed by atoms with Gasteiger partial charge in [-0.05, 0) is 41.3 Å². The number of hydrogen-bond donors (Lipinski definition) is 0. The Kier molecular flexibility index (Phi) is 5.83. The second kappa shape index (κ2) is 9.28. The molecular weight excluding hydrogens is 462 g/mol. The number of nitrogens with zero attached hydrogens (tertiary/aromatic N) is 3. The molecule has 8 heteroatoms. The molecule has 1 amide bonds. The molecule has 0 spiro atoms. The van der Waals surface area contributed by atoms with Crippen LogP contribution in [0.25, 0.3) is 10.2 Å². The first-order chi connectivity index (χ1) is 17.2. The average molecular weight is 490 g/mol. The molecule has 2 aliphatic rings. The predicted octanol–water partition coefficient (Wildman–Crippen LogP) is 4.45. The summed E-state index contributed by atoms with van der Waals surface area (Å²) in [5.74, 6) is 2.54. The van der Waals surface area contributed by atoms with Crippen molar-refractivity contribution in [1.29, 1.82) is 0 Å². The fraction of sp³-hybridized carbons (Fsp3) is 0.296. The molecule has 1 saturated heterocycles. The molecule has 35 heavy (non-hydrogen) atoms. The molecule has 0 radical (unpaired) electrons. The van der Waals surface area contributed by atoms with Crippen molar-refractivity contribution < 1.29 is 19.0 Å². The first kappa shape index (κ1) is 22.0. The van der Waals surface area contributed by atoms with E-state index >= 15 is 0 Å². The number of methoxy groups -OCH3 is 1. The maximum atomic E-state index is 13.7. The summed E-state index contributed by atoms with van der Waals surface area (Å²) in [5.41, 5.74) is 2.99. The van der Waals surface area contributed by atoms with E-state index in [0.29, 0.717) is 19.6 Å². The Morgan fingerprint density at radius 3 is 2.66 bits per heavy atom. The number of fused-ring (bicyclic) bond motifs is 2. The second-order valence-electron chi connectivity index (χ2n) is 8.86. The summed E-state index contributed by atoms with van der Waals surface area (Å²) in [5, 5.41) is 3.18. The van der Waals surface area contributed by atoms with Crippen LogP contribution in [0.2, 0.25) is 0 Å². The summed E-state index contributed by atoms with van der Waals surface area (Å²) >= 11 is 1.67. The van der Waals surface area contributed by atoms with Gasteiger partial charge < -0.3 is 23.7 Å². The Bertz CT molecular complexity index is 1370. The van der Waals surface area contributed by atoms with Gasteiger partial charge in [-0.3, -0.25) is 9.69 Å². The topological polar surface area (TPSA) is 56.2 Å². The van der Waals surface area contributed by atoms with Crippen LogP contribution >= 0.6 is 11.3 Å². The third kappa shape index (κ3) is 4.24. The van der Waals surface area contributed by atoms with E-state index in [9.17, 15) is 4.79 Å². The summed E-state index contributed by atoms with van der Waals surface area (Å²) in [6, 6.07) is 18.2. The zero-order valence-corrected chi connectivity index (χ0v) is 20.4.